The van der Waals surface area contributed by atoms with Crippen LogP contribution in [0.25, 0.3) is 0 Å². The standard InChI is InChI=1S/C16H32N2.C7H8O3S/c1-2-6-12-17(11-5-1)15-9-10-16-18-13-7-3-4-8-14-18;1-6-2-4-7(5-3-6)11(8,9)10/h1-16H2;2-5H,1H3,(H,8,9,10). The number of rotatable bonds is 6. The normalized spacial score (nSPS) is 19.7. The summed E-state index contributed by atoms with van der Waals surface area (Å²) in [4.78, 5) is 5.34. The minimum atomic E-state index is -4.02. The summed E-state index contributed by atoms with van der Waals surface area (Å²) in [5, 5.41) is 0. The van der Waals surface area contributed by atoms with Crippen LogP contribution in [0.3, 0.4) is 0 Å². The number of benzene rings is 1. The molecule has 1 aromatic rings. The van der Waals surface area contributed by atoms with E-state index in [-0.39, 0.29) is 4.90 Å². The number of unbranched alkanes of at least 4 members (excludes halogenated alkanes) is 1. The van der Waals surface area contributed by atoms with Gasteiger partial charge in [-0.3, -0.25) is 4.55 Å². The molecule has 0 atom stereocenters. The molecule has 2 fully saturated rings. The largest absolute Gasteiger partial charge is 0.303 e. The average molecular weight is 425 g/mol. The van der Waals surface area contributed by atoms with E-state index in [1.807, 2.05) is 6.92 Å². The van der Waals surface area contributed by atoms with E-state index < -0.39 is 10.1 Å². The van der Waals surface area contributed by atoms with Gasteiger partial charge in [0, 0.05) is 0 Å². The lowest BCUT2D eigenvalue weighted by Crippen LogP contribution is -2.28. The van der Waals surface area contributed by atoms with Crippen molar-refractivity contribution in [2.75, 3.05) is 39.3 Å². The molecule has 0 aliphatic carbocycles. The van der Waals surface area contributed by atoms with E-state index >= 15 is 0 Å². The van der Waals surface area contributed by atoms with Crippen molar-refractivity contribution in [3.63, 3.8) is 0 Å². The van der Waals surface area contributed by atoms with Crippen LogP contribution in [-0.4, -0.2) is 62.0 Å². The monoisotopic (exact) mass is 424 g/mol. The fourth-order valence-corrected chi connectivity index (χ4v) is 4.58. The van der Waals surface area contributed by atoms with Crippen LogP contribution in [0.2, 0.25) is 0 Å². The molecule has 1 N–H and O–H groups in total. The Kier molecular flexibility index (Phi) is 11.2. The van der Waals surface area contributed by atoms with Crippen LogP contribution >= 0.6 is 0 Å². The van der Waals surface area contributed by atoms with E-state index in [0.717, 1.165) is 5.56 Å². The fourth-order valence-electron chi connectivity index (χ4n) is 4.10. The lowest BCUT2D eigenvalue weighted by Gasteiger charge is -2.22. The summed E-state index contributed by atoms with van der Waals surface area (Å²) < 4.78 is 29.6. The Bertz CT molecular complexity index is 623. The smallest absolute Gasteiger partial charge is 0.294 e. The molecule has 0 amide bonds. The predicted octanol–water partition coefficient (Wildman–Crippen LogP) is 4.76. The lowest BCUT2D eigenvalue weighted by molar-refractivity contribution is 0.250. The number of hydrogen-bond donors (Lipinski definition) is 1. The molecule has 0 spiro atoms. The van der Waals surface area contributed by atoms with Gasteiger partial charge >= 0.3 is 0 Å². The first-order chi connectivity index (χ1) is 13.9. The predicted molar refractivity (Wildman–Crippen MR) is 120 cm³/mol. The molecule has 0 bridgehead atoms. The van der Waals surface area contributed by atoms with Crippen molar-refractivity contribution >= 4 is 10.1 Å². The molecule has 0 aromatic heterocycles. The molecule has 5 nitrogen and oxygen atoms in total. The van der Waals surface area contributed by atoms with Crippen molar-refractivity contribution in [3.05, 3.63) is 29.8 Å². The number of hydrogen-bond acceptors (Lipinski definition) is 4. The third kappa shape index (κ3) is 10.6. The zero-order valence-electron chi connectivity index (χ0n) is 18.2. The molecule has 1 aromatic carbocycles. The van der Waals surface area contributed by atoms with E-state index in [9.17, 15) is 8.42 Å². The first-order valence-corrected chi connectivity index (χ1v) is 12.9. The van der Waals surface area contributed by atoms with E-state index in [0.29, 0.717) is 0 Å². The van der Waals surface area contributed by atoms with Crippen LogP contribution in [0, 0.1) is 6.92 Å². The molecule has 0 unspecified atom stereocenters. The van der Waals surface area contributed by atoms with Crippen molar-refractivity contribution in [1.82, 2.24) is 9.80 Å². The van der Waals surface area contributed by atoms with Crippen molar-refractivity contribution < 1.29 is 13.0 Å². The summed E-state index contributed by atoms with van der Waals surface area (Å²) in [5.74, 6) is 0. The van der Waals surface area contributed by atoms with Crippen molar-refractivity contribution in [3.8, 4) is 0 Å². The molecule has 3 rings (SSSR count). The molecule has 2 aliphatic rings. The summed E-state index contributed by atoms with van der Waals surface area (Å²) >= 11 is 0. The molecule has 29 heavy (non-hydrogen) atoms. The van der Waals surface area contributed by atoms with Gasteiger partial charge in [0.05, 0.1) is 4.90 Å². The van der Waals surface area contributed by atoms with Gasteiger partial charge < -0.3 is 9.80 Å². The Morgan fingerprint density at radius 3 is 1.45 bits per heavy atom. The van der Waals surface area contributed by atoms with Crippen LogP contribution in [0.1, 0.15) is 69.8 Å². The van der Waals surface area contributed by atoms with E-state index in [1.165, 1.54) is 116 Å². The third-order valence-corrected chi connectivity index (χ3v) is 6.78. The van der Waals surface area contributed by atoms with Gasteiger partial charge in [0.2, 0.25) is 0 Å². The second kappa shape index (κ2) is 13.4. The molecule has 6 heteroatoms. The van der Waals surface area contributed by atoms with Crippen LogP contribution < -0.4 is 0 Å². The Morgan fingerprint density at radius 1 is 0.724 bits per heavy atom. The topological polar surface area (TPSA) is 60.9 Å². The van der Waals surface area contributed by atoms with Gasteiger partial charge in [0.15, 0.2) is 0 Å². The van der Waals surface area contributed by atoms with Gasteiger partial charge in [-0.1, -0.05) is 43.4 Å². The minimum absolute atomic E-state index is 0.0666. The van der Waals surface area contributed by atoms with Gasteiger partial charge in [0.25, 0.3) is 10.1 Å². The zero-order valence-corrected chi connectivity index (χ0v) is 19.0. The minimum Gasteiger partial charge on any atom is -0.303 e. The van der Waals surface area contributed by atoms with Gasteiger partial charge in [-0.05, 0) is 96.8 Å². The molecular weight excluding hydrogens is 384 g/mol. The Hall–Kier alpha value is -0.950. The average Bonchev–Trinajstić information content (AvgIpc) is 3.10. The van der Waals surface area contributed by atoms with Gasteiger partial charge in [-0.15, -0.1) is 0 Å². The quantitative estimate of drug-likeness (QED) is 0.527. The van der Waals surface area contributed by atoms with Crippen molar-refractivity contribution in [1.29, 1.82) is 0 Å². The Balaban J connectivity index is 0.000000234. The summed E-state index contributed by atoms with van der Waals surface area (Å²) in [6, 6.07) is 5.99. The number of nitrogens with zero attached hydrogens (tertiary/aromatic N) is 2. The highest BCUT2D eigenvalue weighted by molar-refractivity contribution is 7.85. The van der Waals surface area contributed by atoms with E-state index in [1.54, 1.807) is 12.1 Å². The summed E-state index contributed by atoms with van der Waals surface area (Å²) in [7, 11) is -4.02. The van der Waals surface area contributed by atoms with Crippen molar-refractivity contribution in [2.24, 2.45) is 0 Å². The van der Waals surface area contributed by atoms with E-state index in [4.69, 9.17) is 4.55 Å². The molecular formula is C23H40N2O3S. The van der Waals surface area contributed by atoms with Gasteiger partial charge in [-0.25, -0.2) is 0 Å². The van der Waals surface area contributed by atoms with Crippen LogP contribution in [-0.2, 0) is 10.1 Å². The summed E-state index contributed by atoms with van der Waals surface area (Å²) in [6.45, 7) is 10.0. The van der Waals surface area contributed by atoms with Gasteiger partial charge in [0.1, 0.15) is 0 Å². The summed E-state index contributed by atoms with van der Waals surface area (Å²) in [6.07, 6.45) is 14.4. The molecule has 0 saturated carbocycles. The first-order valence-electron chi connectivity index (χ1n) is 11.4. The van der Waals surface area contributed by atoms with Gasteiger partial charge in [-0.2, -0.15) is 8.42 Å². The molecule has 2 saturated heterocycles. The van der Waals surface area contributed by atoms with Crippen LogP contribution in [0.4, 0.5) is 0 Å². The number of aryl methyl sites for hydroxylation is 1. The highest BCUT2D eigenvalue weighted by Crippen LogP contribution is 2.12. The maximum absolute atomic E-state index is 10.5. The second-order valence-corrected chi connectivity index (χ2v) is 9.93. The van der Waals surface area contributed by atoms with Crippen LogP contribution in [0.5, 0.6) is 0 Å². The fraction of sp³-hybridized carbons (Fsp3) is 0.739. The summed E-state index contributed by atoms with van der Waals surface area (Å²) in [5.41, 5.74) is 0.956. The molecule has 2 heterocycles. The van der Waals surface area contributed by atoms with E-state index in [2.05, 4.69) is 9.80 Å². The Morgan fingerprint density at radius 2 is 1.10 bits per heavy atom. The van der Waals surface area contributed by atoms with Crippen molar-refractivity contribution in [2.45, 2.75) is 76.0 Å². The molecule has 2 aliphatic heterocycles. The first kappa shape index (κ1) is 24.3. The lowest BCUT2D eigenvalue weighted by atomic mass is 10.2. The SMILES string of the molecule is C1CCCN(CCCCN2CCCCCC2)CC1.Cc1ccc(S(=O)(=O)O)cc1. The highest BCUT2D eigenvalue weighted by Gasteiger charge is 2.10. The maximum atomic E-state index is 10.5. The zero-order chi connectivity index (χ0) is 21.0. The third-order valence-electron chi connectivity index (χ3n) is 5.91. The Labute approximate surface area is 178 Å². The number of likely N-dealkylation sites (tertiary alicyclic amines) is 2. The molecule has 166 valence electrons. The highest BCUT2D eigenvalue weighted by atomic mass is 32.2. The van der Waals surface area contributed by atoms with Crippen LogP contribution in [0.15, 0.2) is 29.2 Å². The maximum Gasteiger partial charge on any atom is 0.294 e. The molecule has 0 radical (unpaired) electrons. The second-order valence-electron chi connectivity index (χ2n) is 8.51.